The minimum Gasteiger partial charge on any atom is -0.477 e. The maximum atomic E-state index is 11.8. The highest BCUT2D eigenvalue weighted by Crippen LogP contribution is 2.27. The summed E-state index contributed by atoms with van der Waals surface area (Å²) in [5, 5.41) is 28.8. The maximum Gasteiger partial charge on any atom is 0.362 e. The minimum absolute atomic E-state index is 0.223. The van der Waals surface area contributed by atoms with Crippen molar-refractivity contribution in [1.82, 2.24) is 0 Å². The number of allylic oxidation sites excluding steroid dienone is 2. The third kappa shape index (κ3) is 11.2. The van der Waals surface area contributed by atoms with Crippen molar-refractivity contribution in [2.75, 3.05) is 6.54 Å². The molecule has 7 heteroatoms. The van der Waals surface area contributed by atoms with Gasteiger partial charge in [0.1, 0.15) is 0 Å². The molecule has 0 amide bonds. The van der Waals surface area contributed by atoms with E-state index in [1.165, 1.54) is 78.6 Å². The number of nitrogens with zero attached hydrogens (tertiary/aromatic N) is 1. The third-order valence-corrected chi connectivity index (χ3v) is 7.02. The molecule has 0 fully saturated rings. The summed E-state index contributed by atoms with van der Waals surface area (Å²) in [5.41, 5.74) is 0. The molecule has 3 atom stereocenters. The van der Waals surface area contributed by atoms with Gasteiger partial charge in [-0.25, -0.2) is 14.4 Å². The van der Waals surface area contributed by atoms with Crippen molar-refractivity contribution < 1.29 is 34.2 Å². The highest BCUT2D eigenvalue weighted by atomic mass is 16.4. The zero-order chi connectivity index (χ0) is 25.3. The predicted molar refractivity (Wildman–Crippen MR) is 131 cm³/mol. The van der Waals surface area contributed by atoms with Crippen LogP contribution >= 0.6 is 0 Å². The molecule has 0 saturated carbocycles. The van der Waals surface area contributed by atoms with Gasteiger partial charge < -0.3 is 15.3 Å². The number of carboxylic acids is 3. The molecule has 0 aliphatic carbocycles. The molecule has 0 rings (SSSR count). The van der Waals surface area contributed by atoms with Gasteiger partial charge in [-0.2, -0.15) is 0 Å². The first-order chi connectivity index (χ1) is 15.6. The van der Waals surface area contributed by atoms with Crippen LogP contribution in [0.5, 0.6) is 0 Å². The van der Waals surface area contributed by atoms with Gasteiger partial charge in [0.2, 0.25) is 0 Å². The van der Waals surface area contributed by atoms with E-state index in [-0.39, 0.29) is 6.54 Å². The Kier molecular flexibility index (Phi) is 16.6. The molecule has 0 radical (unpaired) electrons. The van der Waals surface area contributed by atoms with Crippen molar-refractivity contribution in [3.05, 3.63) is 12.2 Å². The van der Waals surface area contributed by atoms with Crippen LogP contribution in [-0.4, -0.2) is 62.4 Å². The Labute approximate surface area is 200 Å². The largest absolute Gasteiger partial charge is 0.477 e. The van der Waals surface area contributed by atoms with Crippen molar-refractivity contribution in [2.24, 2.45) is 0 Å². The molecule has 0 saturated heterocycles. The van der Waals surface area contributed by atoms with E-state index in [4.69, 9.17) is 0 Å². The number of aliphatic carboxylic acids is 3. The summed E-state index contributed by atoms with van der Waals surface area (Å²) >= 11 is 0. The molecule has 0 aromatic carbocycles. The van der Waals surface area contributed by atoms with Crippen LogP contribution in [0.15, 0.2) is 12.2 Å². The molecule has 0 aliphatic rings. The van der Waals surface area contributed by atoms with E-state index in [2.05, 4.69) is 19.1 Å². The second kappa shape index (κ2) is 17.6. The molecular formula is C26H48NO6+. The SMILES string of the molecule is CCC/C=C/CCCCCCCCCCCC[N+](C(C)C(=O)O)(C(C)C(=O)O)C(C)C(=O)O. The highest BCUT2D eigenvalue weighted by Gasteiger charge is 2.52. The molecule has 0 aromatic heterocycles. The van der Waals surface area contributed by atoms with Crippen LogP contribution in [0, 0.1) is 0 Å². The number of carbonyl (C=O) groups is 3. The number of hydrogen-bond acceptors (Lipinski definition) is 3. The van der Waals surface area contributed by atoms with Crippen LogP contribution in [0.1, 0.15) is 111 Å². The monoisotopic (exact) mass is 470 g/mol. The van der Waals surface area contributed by atoms with Gasteiger partial charge in [-0.3, -0.25) is 4.48 Å². The summed E-state index contributed by atoms with van der Waals surface area (Å²) in [7, 11) is 0. The van der Waals surface area contributed by atoms with Crippen molar-refractivity contribution in [1.29, 1.82) is 0 Å². The van der Waals surface area contributed by atoms with Crippen molar-refractivity contribution >= 4 is 17.9 Å². The summed E-state index contributed by atoms with van der Waals surface area (Å²) in [6.07, 6.45) is 19.1. The molecule has 192 valence electrons. The summed E-state index contributed by atoms with van der Waals surface area (Å²) in [5.74, 6) is -3.52. The molecule has 0 spiro atoms. The molecule has 3 N–H and O–H groups in total. The Morgan fingerprint density at radius 1 is 0.606 bits per heavy atom. The molecule has 0 aliphatic heterocycles. The van der Waals surface area contributed by atoms with Crippen LogP contribution in [0.3, 0.4) is 0 Å². The van der Waals surface area contributed by atoms with Crippen molar-refractivity contribution in [3.8, 4) is 0 Å². The Hall–Kier alpha value is -1.89. The molecule has 0 aromatic rings. The molecule has 33 heavy (non-hydrogen) atoms. The maximum absolute atomic E-state index is 11.8. The summed E-state index contributed by atoms with van der Waals surface area (Å²) < 4.78 is -0.479. The highest BCUT2D eigenvalue weighted by molar-refractivity contribution is 5.77. The van der Waals surface area contributed by atoms with Crippen LogP contribution in [-0.2, 0) is 14.4 Å². The Bertz CT molecular complexity index is 553. The average Bonchev–Trinajstić information content (AvgIpc) is 2.77. The van der Waals surface area contributed by atoms with Crippen LogP contribution in [0.2, 0.25) is 0 Å². The fraction of sp³-hybridized carbons (Fsp3) is 0.808. The van der Waals surface area contributed by atoms with E-state index in [1.807, 2.05) is 0 Å². The molecular weight excluding hydrogens is 422 g/mol. The lowest BCUT2D eigenvalue weighted by Gasteiger charge is -2.47. The second-order valence-electron chi connectivity index (χ2n) is 9.35. The predicted octanol–water partition coefficient (Wildman–Crippen LogP) is 5.87. The Balaban J connectivity index is 4.41. The van der Waals surface area contributed by atoms with Gasteiger partial charge in [-0.1, -0.05) is 70.4 Å². The topological polar surface area (TPSA) is 112 Å². The van der Waals surface area contributed by atoms with E-state index in [0.717, 1.165) is 19.3 Å². The van der Waals surface area contributed by atoms with Gasteiger partial charge in [-0.15, -0.1) is 0 Å². The minimum atomic E-state index is -1.17. The Morgan fingerprint density at radius 2 is 0.939 bits per heavy atom. The van der Waals surface area contributed by atoms with E-state index < -0.39 is 40.5 Å². The van der Waals surface area contributed by atoms with Gasteiger partial charge >= 0.3 is 17.9 Å². The lowest BCUT2D eigenvalue weighted by Crippen LogP contribution is -2.70. The van der Waals surface area contributed by atoms with Crippen LogP contribution in [0.25, 0.3) is 0 Å². The van der Waals surface area contributed by atoms with Crippen LogP contribution < -0.4 is 0 Å². The van der Waals surface area contributed by atoms with Gasteiger partial charge in [0, 0.05) is 0 Å². The van der Waals surface area contributed by atoms with Gasteiger partial charge in [0.15, 0.2) is 18.1 Å². The lowest BCUT2D eigenvalue weighted by molar-refractivity contribution is -0.968. The number of hydrogen-bond donors (Lipinski definition) is 3. The zero-order valence-corrected chi connectivity index (χ0v) is 21.3. The normalized spacial score (nSPS) is 16.2. The fourth-order valence-electron chi connectivity index (χ4n) is 4.67. The smallest absolute Gasteiger partial charge is 0.362 e. The first-order valence-corrected chi connectivity index (χ1v) is 12.8. The number of unbranched alkanes of at least 4 members (excludes halogenated alkanes) is 11. The quantitative estimate of drug-likeness (QED) is 0.110. The Morgan fingerprint density at radius 3 is 1.30 bits per heavy atom. The van der Waals surface area contributed by atoms with E-state index in [1.54, 1.807) is 0 Å². The van der Waals surface area contributed by atoms with Gasteiger partial charge in [-0.05, 0) is 52.9 Å². The average molecular weight is 471 g/mol. The van der Waals surface area contributed by atoms with Crippen molar-refractivity contribution in [2.45, 2.75) is 129 Å². The first kappa shape index (κ1) is 31.1. The number of carboxylic acid groups (broad SMARTS) is 3. The van der Waals surface area contributed by atoms with Crippen LogP contribution in [0.4, 0.5) is 0 Å². The second-order valence-corrected chi connectivity index (χ2v) is 9.35. The zero-order valence-electron chi connectivity index (χ0n) is 21.3. The standard InChI is InChI=1S/C26H47NO6/c1-5-6-7-8-9-10-11-12-13-14-15-16-17-18-19-20-27(21(2)24(28)29,22(3)25(30)31)23(4)26(32)33/h7-8,21-23H,5-6,9-20H2,1-4H3,(H2-,28,29,30,31,32,33)/p+1/b8-7+. The molecule has 7 nitrogen and oxygen atoms in total. The number of rotatable bonds is 21. The lowest BCUT2D eigenvalue weighted by atomic mass is 10.00. The molecule has 3 unspecified atom stereocenters. The fourth-order valence-corrected chi connectivity index (χ4v) is 4.67. The van der Waals surface area contributed by atoms with E-state index >= 15 is 0 Å². The summed E-state index contributed by atoms with van der Waals surface area (Å²) in [4.78, 5) is 35.3. The molecule has 0 bridgehead atoms. The van der Waals surface area contributed by atoms with E-state index in [0.29, 0.717) is 6.42 Å². The first-order valence-electron chi connectivity index (χ1n) is 12.8. The third-order valence-electron chi connectivity index (χ3n) is 7.02. The molecule has 0 heterocycles. The summed E-state index contributed by atoms with van der Waals surface area (Å²) in [6, 6.07) is -3.36. The van der Waals surface area contributed by atoms with Crippen molar-refractivity contribution in [3.63, 3.8) is 0 Å². The summed E-state index contributed by atoms with van der Waals surface area (Å²) in [6.45, 7) is 6.67. The van der Waals surface area contributed by atoms with E-state index in [9.17, 15) is 29.7 Å². The van der Waals surface area contributed by atoms with Gasteiger partial charge in [0.05, 0.1) is 6.54 Å². The number of quaternary nitrogens is 1. The van der Waals surface area contributed by atoms with Gasteiger partial charge in [0.25, 0.3) is 0 Å².